The predicted octanol–water partition coefficient (Wildman–Crippen LogP) is 4.63. The zero-order valence-corrected chi connectivity index (χ0v) is 15.6. The third-order valence-electron chi connectivity index (χ3n) is 4.07. The summed E-state index contributed by atoms with van der Waals surface area (Å²) < 4.78 is 10.8. The Bertz CT molecular complexity index is 864. The summed E-state index contributed by atoms with van der Waals surface area (Å²) >= 11 is 5.86. The lowest BCUT2D eigenvalue weighted by atomic mass is 9.98. The minimum Gasteiger partial charge on any atom is -0.497 e. The van der Waals surface area contributed by atoms with E-state index in [9.17, 15) is 4.79 Å². The Morgan fingerprint density at radius 2 is 1.48 bits per heavy atom. The molecule has 0 heterocycles. The second-order valence-electron chi connectivity index (χ2n) is 5.93. The van der Waals surface area contributed by atoms with Crippen molar-refractivity contribution in [3.63, 3.8) is 0 Å². The summed E-state index contributed by atoms with van der Waals surface area (Å²) in [4.78, 5) is 12.5. The number of amides is 1. The molecule has 0 spiro atoms. The smallest absolute Gasteiger partial charge is 0.258 e. The molecule has 5 heteroatoms. The van der Waals surface area contributed by atoms with E-state index in [0.717, 1.165) is 16.9 Å². The lowest BCUT2D eigenvalue weighted by molar-refractivity contribution is -0.123. The van der Waals surface area contributed by atoms with Gasteiger partial charge in [0.1, 0.15) is 11.5 Å². The fourth-order valence-electron chi connectivity index (χ4n) is 2.68. The maximum Gasteiger partial charge on any atom is 0.258 e. The van der Waals surface area contributed by atoms with E-state index in [1.54, 1.807) is 31.4 Å². The maximum atomic E-state index is 12.5. The standard InChI is InChI=1S/C22H20ClNO3/c1-26-19-11-7-17(8-12-19)22(16-5-3-2-4-6-16)24-21(25)15-27-20-13-9-18(23)10-14-20/h2-14,22H,15H2,1H3,(H,24,25). The van der Waals surface area contributed by atoms with Crippen LogP contribution in [-0.4, -0.2) is 19.6 Å². The van der Waals surface area contributed by atoms with Crippen LogP contribution in [0.15, 0.2) is 78.9 Å². The van der Waals surface area contributed by atoms with Gasteiger partial charge in [0.15, 0.2) is 6.61 Å². The number of benzene rings is 3. The van der Waals surface area contributed by atoms with Crippen molar-refractivity contribution >= 4 is 17.5 Å². The van der Waals surface area contributed by atoms with Crippen LogP contribution in [0, 0.1) is 0 Å². The first kappa shape index (κ1) is 18.8. The molecular formula is C22H20ClNO3. The Kier molecular flexibility index (Phi) is 6.34. The van der Waals surface area contributed by atoms with Gasteiger partial charge in [0, 0.05) is 5.02 Å². The quantitative estimate of drug-likeness (QED) is 0.649. The van der Waals surface area contributed by atoms with Crippen LogP contribution in [-0.2, 0) is 4.79 Å². The van der Waals surface area contributed by atoms with Crippen molar-refractivity contribution in [3.8, 4) is 11.5 Å². The van der Waals surface area contributed by atoms with Gasteiger partial charge in [0.05, 0.1) is 13.2 Å². The molecule has 0 aromatic heterocycles. The van der Waals surface area contributed by atoms with Crippen LogP contribution < -0.4 is 14.8 Å². The second-order valence-corrected chi connectivity index (χ2v) is 6.36. The number of methoxy groups -OCH3 is 1. The van der Waals surface area contributed by atoms with E-state index < -0.39 is 0 Å². The van der Waals surface area contributed by atoms with Crippen molar-refractivity contribution in [1.29, 1.82) is 0 Å². The Hall–Kier alpha value is -2.98. The molecule has 3 aromatic carbocycles. The molecule has 0 aliphatic heterocycles. The Morgan fingerprint density at radius 1 is 0.889 bits per heavy atom. The van der Waals surface area contributed by atoms with Gasteiger partial charge in [-0.2, -0.15) is 0 Å². The predicted molar refractivity (Wildman–Crippen MR) is 106 cm³/mol. The molecule has 138 valence electrons. The van der Waals surface area contributed by atoms with Crippen molar-refractivity contribution in [2.24, 2.45) is 0 Å². The Labute approximate surface area is 163 Å². The third kappa shape index (κ3) is 5.25. The molecule has 0 aliphatic carbocycles. The van der Waals surface area contributed by atoms with Crippen LogP contribution >= 0.6 is 11.6 Å². The average molecular weight is 382 g/mol. The monoisotopic (exact) mass is 381 g/mol. The number of carbonyl (C=O) groups excluding carboxylic acids is 1. The molecule has 1 amide bonds. The van der Waals surface area contributed by atoms with Gasteiger partial charge in [0.2, 0.25) is 0 Å². The minimum absolute atomic E-state index is 0.0822. The Balaban J connectivity index is 1.72. The van der Waals surface area contributed by atoms with E-state index in [1.807, 2.05) is 54.6 Å². The summed E-state index contributed by atoms with van der Waals surface area (Å²) in [5, 5.41) is 3.66. The largest absolute Gasteiger partial charge is 0.497 e. The summed E-state index contributed by atoms with van der Waals surface area (Å²) in [6.07, 6.45) is 0. The highest BCUT2D eigenvalue weighted by Gasteiger charge is 2.17. The second kappa shape index (κ2) is 9.10. The number of carbonyl (C=O) groups is 1. The zero-order valence-electron chi connectivity index (χ0n) is 14.9. The van der Waals surface area contributed by atoms with Gasteiger partial charge in [-0.1, -0.05) is 54.1 Å². The van der Waals surface area contributed by atoms with E-state index in [0.29, 0.717) is 10.8 Å². The molecule has 1 atom stereocenters. The molecule has 0 saturated carbocycles. The van der Waals surface area contributed by atoms with Crippen molar-refractivity contribution in [1.82, 2.24) is 5.32 Å². The number of ether oxygens (including phenoxy) is 2. The van der Waals surface area contributed by atoms with E-state index in [2.05, 4.69) is 5.32 Å². The molecule has 0 aliphatic rings. The lowest BCUT2D eigenvalue weighted by Crippen LogP contribution is -2.33. The van der Waals surface area contributed by atoms with Gasteiger partial charge < -0.3 is 14.8 Å². The summed E-state index contributed by atoms with van der Waals surface area (Å²) in [5.41, 5.74) is 1.95. The maximum absolute atomic E-state index is 12.5. The van der Waals surface area contributed by atoms with Gasteiger partial charge in [-0.15, -0.1) is 0 Å². The molecule has 1 N–H and O–H groups in total. The van der Waals surface area contributed by atoms with Crippen LogP contribution in [0.5, 0.6) is 11.5 Å². The van der Waals surface area contributed by atoms with Gasteiger partial charge in [-0.3, -0.25) is 4.79 Å². The molecule has 3 rings (SSSR count). The van der Waals surface area contributed by atoms with Crippen molar-refractivity contribution in [3.05, 3.63) is 95.0 Å². The van der Waals surface area contributed by atoms with Gasteiger partial charge in [-0.25, -0.2) is 0 Å². The first-order valence-electron chi connectivity index (χ1n) is 8.52. The van der Waals surface area contributed by atoms with Crippen LogP contribution in [0.4, 0.5) is 0 Å². The normalized spacial score (nSPS) is 11.5. The van der Waals surface area contributed by atoms with Gasteiger partial charge in [0.25, 0.3) is 5.91 Å². The van der Waals surface area contributed by atoms with Crippen molar-refractivity contribution < 1.29 is 14.3 Å². The third-order valence-corrected chi connectivity index (χ3v) is 4.32. The van der Waals surface area contributed by atoms with Crippen LogP contribution in [0.1, 0.15) is 17.2 Å². The van der Waals surface area contributed by atoms with Gasteiger partial charge in [-0.05, 0) is 47.5 Å². The topological polar surface area (TPSA) is 47.6 Å². The molecule has 27 heavy (non-hydrogen) atoms. The number of halogens is 1. The zero-order chi connectivity index (χ0) is 19.1. The van der Waals surface area contributed by atoms with Crippen LogP contribution in [0.25, 0.3) is 0 Å². The van der Waals surface area contributed by atoms with Gasteiger partial charge >= 0.3 is 0 Å². The van der Waals surface area contributed by atoms with Crippen LogP contribution in [0.2, 0.25) is 5.02 Å². The fraction of sp³-hybridized carbons (Fsp3) is 0.136. The van der Waals surface area contributed by atoms with E-state index >= 15 is 0 Å². The van der Waals surface area contributed by atoms with Crippen molar-refractivity contribution in [2.75, 3.05) is 13.7 Å². The van der Waals surface area contributed by atoms with E-state index in [4.69, 9.17) is 21.1 Å². The highest BCUT2D eigenvalue weighted by Crippen LogP contribution is 2.24. The van der Waals surface area contributed by atoms with E-state index in [1.165, 1.54) is 0 Å². The number of hydrogen-bond acceptors (Lipinski definition) is 3. The molecular weight excluding hydrogens is 362 g/mol. The summed E-state index contributed by atoms with van der Waals surface area (Å²) in [5.74, 6) is 1.15. The molecule has 0 saturated heterocycles. The molecule has 4 nitrogen and oxygen atoms in total. The Morgan fingerprint density at radius 3 is 2.11 bits per heavy atom. The lowest BCUT2D eigenvalue weighted by Gasteiger charge is -2.20. The number of hydrogen-bond donors (Lipinski definition) is 1. The SMILES string of the molecule is COc1ccc(C(NC(=O)COc2ccc(Cl)cc2)c2ccccc2)cc1. The molecule has 0 radical (unpaired) electrons. The summed E-state index contributed by atoms with van der Waals surface area (Å²) in [7, 11) is 1.62. The summed E-state index contributed by atoms with van der Waals surface area (Å²) in [6, 6.07) is 24.1. The molecule has 0 bridgehead atoms. The average Bonchev–Trinajstić information content (AvgIpc) is 2.72. The summed E-state index contributed by atoms with van der Waals surface area (Å²) in [6.45, 7) is -0.0822. The molecule has 0 fully saturated rings. The molecule has 3 aromatic rings. The van der Waals surface area contributed by atoms with E-state index in [-0.39, 0.29) is 18.6 Å². The highest BCUT2D eigenvalue weighted by molar-refractivity contribution is 6.30. The highest BCUT2D eigenvalue weighted by atomic mass is 35.5. The minimum atomic E-state index is -0.279. The first-order valence-corrected chi connectivity index (χ1v) is 8.90. The molecule has 1 unspecified atom stereocenters. The van der Waals surface area contributed by atoms with Crippen LogP contribution in [0.3, 0.4) is 0 Å². The number of rotatable bonds is 7. The number of nitrogens with one attached hydrogen (secondary N) is 1. The fourth-order valence-corrected chi connectivity index (χ4v) is 2.81. The van der Waals surface area contributed by atoms with Crippen molar-refractivity contribution in [2.45, 2.75) is 6.04 Å². The first-order chi connectivity index (χ1) is 13.2.